The van der Waals surface area contributed by atoms with Gasteiger partial charge in [-0.1, -0.05) is 13.8 Å². The van der Waals surface area contributed by atoms with Gasteiger partial charge in [-0.15, -0.1) is 0 Å². The molecule has 1 aromatic heterocycles. The zero-order valence-electron chi connectivity index (χ0n) is 13.9. The Hall–Kier alpha value is -1.08. The van der Waals surface area contributed by atoms with E-state index in [1.165, 1.54) is 24.0 Å². The van der Waals surface area contributed by atoms with Crippen LogP contribution in [-0.4, -0.2) is 33.4 Å². The molecule has 0 bridgehead atoms. The highest BCUT2D eigenvalue weighted by Crippen LogP contribution is 2.40. The Balaban J connectivity index is 2.02. The Morgan fingerprint density at radius 1 is 1.35 bits per heavy atom. The first-order valence-electron chi connectivity index (χ1n) is 8.15. The average Bonchev–Trinajstić information content (AvgIpc) is 2.86. The first-order chi connectivity index (χ1) is 10.6. The largest absolute Gasteiger partial charge is 0.424 e. The number of alkyl halides is 3. The van der Waals surface area contributed by atoms with Crippen LogP contribution in [0.1, 0.15) is 45.4 Å². The molecular weight excluding hydrogens is 307 g/mol. The minimum absolute atomic E-state index is 0.103. The second-order valence-electron chi connectivity index (χ2n) is 6.93. The number of nitrogens with zero attached hydrogens (tertiary/aromatic N) is 2. The molecule has 2 rings (SSSR count). The molecule has 0 unspecified atom stereocenters. The minimum Gasteiger partial charge on any atom is -0.374 e. The normalized spacial score (nSPS) is 28.6. The van der Waals surface area contributed by atoms with Crippen LogP contribution >= 0.6 is 0 Å². The van der Waals surface area contributed by atoms with Crippen molar-refractivity contribution in [2.45, 2.75) is 57.3 Å². The van der Waals surface area contributed by atoms with Gasteiger partial charge in [-0.3, -0.25) is 0 Å². The Labute approximate surface area is 135 Å². The molecule has 1 aromatic rings. The summed E-state index contributed by atoms with van der Waals surface area (Å²) in [5, 5.41) is 13.5. The summed E-state index contributed by atoms with van der Waals surface area (Å²) in [5.41, 5.74) is -2.93. The van der Waals surface area contributed by atoms with Gasteiger partial charge in [0.1, 0.15) is 5.82 Å². The third kappa shape index (κ3) is 3.88. The van der Waals surface area contributed by atoms with Gasteiger partial charge in [-0.05, 0) is 37.6 Å². The van der Waals surface area contributed by atoms with Crippen molar-refractivity contribution < 1.29 is 18.3 Å². The molecule has 4 nitrogen and oxygen atoms in total. The molecule has 0 radical (unpaired) electrons. The summed E-state index contributed by atoms with van der Waals surface area (Å²) in [6, 6.07) is 0.213. The lowest BCUT2D eigenvalue weighted by Gasteiger charge is -2.35. The minimum atomic E-state index is -4.76. The lowest BCUT2D eigenvalue weighted by molar-refractivity contribution is -0.272. The van der Waals surface area contributed by atoms with Crippen molar-refractivity contribution in [3.63, 3.8) is 0 Å². The second kappa shape index (κ2) is 6.81. The van der Waals surface area contributed by atoms with Crippen molar-refractivity contribution in [2.75, 3.05) is 6.54 Å². The zero-order chi connectivity index (χ0) is 17.3. The first kappa shape index (κ1) is 18.3. The number of hydrogen-bond acceptors (Lipinski definition) is 3. The van der Waals surface area contributed by atoms with Gasteiger partial charge in [0.05, 0.1) is 0 Å². The van der Waals surface area contributed by atoms with Crippen LogP contribution in [-0.2, 0) is 12.6 Å². The van der Waals surface area contributed by atoms with Crippen LogP contribution in [0.4, 0.5) is 13.2 Å². The van der Waals surface area contributed by atoms with Crippen LogP contribution in [0, 0.1) is 11.8 Å². The molecule has 2 N–H and O–H groups in total. The van der Waals surface area contributed by atoms with E-state index in [-0.39, 0.29) is 18.4 Å². The van der Waals surface area contributed by atoms with E-state index in [4.69, 9.17) is 0 Å². The quantitative estimate of drug-likeness (QED) is 0.871. The average molecular weight is 333 g/mol. The molecule has 1 aliphatic carbocycles. The highest BCUT2D eigenvalue weighted by molar-refractivity contribution is 5.08. The predicted octanol–water partition coefficient (Wildman–Crippen LogP) is 2.97. The maximum Gasteiger partial charge on any atom is 0.424 e. The van der Waals surface area contributed by atoms with Crippen LogP contribution in [0.2, 0.25) is 0 Å². The third-order valence-electron chi connectivity index (χ3n) is 4.98. The van der Waals surface area contributed by atoms with Crippen molar-refractivity contribution in [3.8, 4) is 0 Å². The van der Waals surface area contributed by atoms with E-state index < -0.39 is 18.2 Å². The molecule has 0 saturated heterocycles. The zero-order valence-corrected chi connectivity index (χ0v) is 13.9. The van der Waals surface area contributed by atoms with E-state index in [1.54, 1.807) is 0 Å². The van der Waals surface area contributed by atoms with Crippen LogP contribution in [0.15, 0.2) is 12.4 Å². The highest BCUT2D eigenvalue weighted by atomic mass is 19.4. The predicted molar refractivity (Wildman–Crippen MR) is 81.7 cm³/mol. The summed E-state index contributed by atoms with van der Waals surface area (Å²) in [7, 11) is 1.46. The standard InChI is InChI=1S/C16H26F3N3O/c1-11-4-5-13(12(2)10-11)20-7-6-15(23,16(17,18)19)14-21-8-9-22(14)3/h8-9,11-13,20,23H,4-7,10H2,1-3H3/t11-,12+,13+,15+/m1/s1. The number of halogens is 3. The van der Waals surface area contributed by atoms with Gasteiger partial charge < -0.3 is 15.0 Å². The molecule has 0 spiro atoms. The summed E-state index contributed by atoms with van der Waals surface area (Å²) in [5.74, 6) is 0.741. The van der Waals surface area contributed by atoms with Crippen LogP contribution in [0.3, 0.4) is 0 Å². The van der Waals surface area contributed by atoms with Gasteiger partial charge >= 0.3 is 6.18 Å². The molecule has 7 heteroatoms. The smallest absolute Gasteiger partial charge is 0.374 e. The number of aliphatic hydroxyl groups is 1. The second-order valence-corrected chi connectivity index (χ2v) is 6.93. The molecule has 1 saturated carbocycles. The maximum atomic E-state index is 13.4. The summed E-state index contributed by atoms with van der Waals surface area (Å²) in [4.78, 5) is 3.71. The van der Waals surface area contributed by atoms with Gasteiger partial charge in [0.25, 0.3) is 0 Å². The fraction of sp³-hybridized carbons (Fsp3) is 0.812. The molecule has 23 heavy (non-hydrogen) atoms. The number of hydrogen-bond donors (Lipinski definition) is 2. The van der Waals surface area contributed by atoms with Gasteiger partial charge in [0.15, 0.2) is 0 Å². The number of aromatic nitrogens is 2. The fourth-order valence-corrected chi connectivity index (χ4v) is 3.55. The number of rotatable bonds is 5. The number of imidazole rings is 1. The molecule has 1 fully saturated rings. The van der Waals surface area contributed by atoms with E-state index >= 15 is 0 Å². The summed E-state index contributed by atoms with van der Waals surface area (Å²) >= 11 is 0. The van der Waals surface area contributed by atoms with E-state index in [2.05, 4.69) is 24.1 Å². The van der Waals surface area contributed by atoms with Crippen LogP contribution in [0.5, 0.6) is 0 Å². The van der Waals surface area contributed by atoms with Crippen molar-refractivity contribution in [2.24, 2.45) is 18.9 Å². The molecular formula is C16H26F3N3O. The monoisotopic (exact) mass is 333 g/mol. The van der Waals surface area contributed by atoms with Crippen molar-refractivity contribution in [1.82, 2.24) is 14.9 Å². The van der Waals surface area contributed by atoms with Crippen molar-refractivity contribution in [3.05, 3.63) is 18.2 Å². The van der Waals surface area contributed by atoms with Gasteiger partial charge in [-0.25, -0.2) is 4.98 Å². The molecule has 0 aromatic carbocycles. The third-order valence-corrected chi connectivity index (χ3v) is 4.98. The molecule has 0 aliphatic heterocycles. The number of aryl methyl sites for hydroxylation is 1. The SMILES string of the molecule is C[C@@H]1CC[C@H](NCC[C@](O)(c2nccn2C)C(F)(F)F)[C@@H](C)C1. The van der Waals surface area contributed by atoms with Gasteiger partial charge in [0.2, 0.25) is 5.60 Å². The fourth-order valence-electron chi connectivity index (χ4n) is 3.55. The Morgan fingerprint density at radius 2 is 2.04 bits per heavy atom. The van der Waals surface area contributed by atoms with Crippen molar-refractivity contribution in [1.29, 1.82) is 0 Å². The Morgan fingerprint density at radius 3 is 2.57 bits per heavy atom. The molecule has 1 aliphatic rings. The summed E-state index contributed by atoms with van der Waals surface area (Å²) in [6.45, 7) is 4.44. The van der Waals surface area contributed by atoms with E-state index in [9.17, 15) is 18.3 Å². The van der Waals surface area contributed by atoms with Gasteiger partial charge in [-0.2, -0.15) is 13.2 Å². The maximum absolute atomic E-state index is 13.4. The van der Waals surface area contributed by atoms with E-state index in [1.807, 2.05) is 0 Å². The summed E-state index contributed by atoms with van der Waals surface area (Å²) < 4.78 is 41.5. The highest BCUT2D eigenvalue weighted by Gasteiger charge is 2.57. The van der Waals surface area contributed by atoms with Crippen molar-refractivity contribution >= 4 is 0 Å². The van der Waals surface area contributed by atoms with E-state index in [0.717, 1.165) is 19.3 Å². The topological polar surface area (TPSA) is 50.1 Å². The van der Waals surface area contributed by atoms with Gasteiger partial charge in [0, 0.05) is 31.9 Å². The Kier molecular flexibility index (Phi) is 5.41. The first-order valence-corrected chi connectivity index (χ1v) is 8.15. The Bertz CT molecular complexity index is 517. The van der Waals surface area contributed by atoms with Crippen LogP contribution in [0.25, 0.3) is 0 Å². The molecule has 4 atom stereocenters. The van der Waals surface area contributed by atoms with E-state index in [0.29, 0.717) is 11.8 Å². The summed E-state index contributed by atoms with van der Waals surface area (Å²) in [6.07, 6.45) is 0.607. The number of nitrogens with one attached hydrogen (secondary N) is 1. The van der Waals surface area contributed by atoms with Crippen LogP contribution < -0.4 is 5.32 Å². The molecule has 0 amide bonds. The lowest BCUT2D eigenvalue weighted by Crippen LogP contribution is -2.48. The lowest BCUT2D eigenvalue weighted by atomic mass is 9.80. The molecule has 1 heterocycles. The molecule has 132 valence electrons.